The second-order valence-electron chi connectivity index (χ2n) is 2.84. The van der Waals surface area contributed by atoms with E-state index in [0.29, 0.717) is 10.0 Å². The van der Waals surface area contributed by atoms with E-state index in [4.69, 9.17) is 16.7 Å². The summed E-state index contributed by atoms with van der Waals surface area (Å²) in [6.45, 7) is 0. The Balaban J connectivity index is 2.45. The first-order valence-corrected chi connectivity index (χ1v) is 5.31. The highest BCUT2D eigenvalue weighted by Gasteiger charge is 2.07. The van der Waals surface area contributed by atoms with Gasteiger partial charge in [-0.3, -0.25) is 4.98 Å². The lowest BCUT2D eigenvalue weighted by molar-refractivity contribution is 0.0697. The molecule has 0 aliphatic heterocycles. The molecule has 2 aromatic rings. The van der Waals surface area contributed by atoms with E-state index < -0.39 is 5.97 Å². The fraction of sp³-hybridized carbons (Fsp3) is 0. The van der Waals surface area contributed by atoms with E-state index in [2.05, 4.69) is 4.98 Å². The van der Waals surface area contributed by atoms with Gasteiger partial charge in [-0.05, 0) is 24.3 Å². The Morgan fingerprint density at radius 3 is 2.80 bits per heavy atom. The predicted molar refractivity (Wildman–Crippen MR) is 59.5 cm³/mol. The normalized spacial score (nSPS) is 10.2. The highest BCUT2D eigenvalue weighted by molar-refractivity contribution is 7.19. The molecule has 0 aliphatic rings. The molecule has 0 aromatic carbocycles. The molecule has 76 valence electrons. The zero-order chi connectivity index (χ0) is 10.8. The summed E-state index contributed by atoms with van der Waals surface area (Å²) in [4.78, 5) is 15.7. The largest absolute Gasteiger partial charge is 0.478 e. The third-order valence-corrected chi connectivity index (χ3v) is 3.09. The molecular weight excluding hydrogens is 234 g/mol. The molecule has 2 heterocycles. The van der Waals surface area contributed by atoms with Gasteiger partial charge in [0, 0.05) is 6.20 Å². The first kappa shape index (κ1) is 10.1. The number of thiophene rings is 1. The molecule has 1 N–H and O–H groups in total. The molecule has 15 heavy (non-hydrogen) atoms. The van der Waals surface area contributed by atoms with Crippen LogP contribution in [0.2, 0.25) is 4.34 Å². The minimum Gasteiger partial charge on any atom is -0.478 e. The monoisotopic (exact) mass is 239 g/mol. The third-order valence-electron chi connectivity index (χ3n) is 1.83. The Labute approximate surface area is 95.0 Å². The van der Waals surface area contributed by atoms with Crippen LogP contribution in [0.25, 0.3) is 10.6 Å². The summed E-state index contributed by atoms with van der Waals surface area (Å²) >= 11 is 7.16. The van der Waals surface area contributed by atoms with Gasteiger partial charge in [-0.2, -0.15) is 0 Å². The fourth-order valence-electron chi connectivity index (χ4n) is 1.15. The Morgan fingerprint density at radius 1 is 1.40 bits per heavy atom. The van der Waals surface area contributed by atoms with Gasteiger partial charge in [-0.1, -0.05) is 11.6 Å². The standard InChI is InChI=1S/C10H6ClNO2S/c11-9-2-1-8(15-9)7-5-6(10(13)14)3-4-12-7/h1-5H,(H,13,14). The van der Waals surface area contributed by atoms with Crippen LogP contribution in [0.3, 0.4) is 0 Å². The van der Waals surface area contributed by atoms with Gasteiger partial charge < -0.3 is 5.11 Å². The molecule has 0 radical (unpaired) electrons. The SMILES string of the molecule is O=C(O)c1ccnc(-c2ccc(Cl)s2)c1. The van der Waals surface area contributed by atoms with Crippen molar-refractivity contribution in [2.24, 2.45) is 0 Å². The summed E-state index contributed by atoms with van der Waals surface area (Å²) in [5.74, 6) is -0.957. The smallest absolute Gasteiger partial charge is 0.335 e. The topological polar surface area (TPSA) is 50.2 Å². The van der Waals surface area contributed by atoms with E-state index in [9.17, 15) is 4.79 Å². The van der Waals surface area contributed by atoms with Gasteiger partial charge in [-0.15, -0.1) is 11.3 Å². The first-order chi connectivity index (χ1) is 7.16. The van der Waals surface area contributed by atoms with Crippen molar-refractivity contribution in [1.82, 2.24) is 4.98 Å². The molecule has 0 fully saturated rings. The Hall–Kier alpha value is -1.39. The lowest BCUT2D eigenvalue weighted by atomic mass is 10.2. The van der Waals surface area contributed by atoms with Gasteiger partial charge in [0.25, 0.3) is 0 Å². The maximum atomic E-state index is 10.7. The van der Waals surface area contributed by atoms with Crippen LogP contribution in [0, 0.1) is 0 Å². The molecule has 0 amide bonds. The summed E-state index contributed by atoms with van der Waals surface area (Å²) in [5, 5.41) is 8.81. The number of hydrogen-bond donors (Lipinski definition) is 1. The minimum absolute atomic E-state index is 0.226. The molecule has 3 nitrogen and oxygen atoms in total. The Bertz CT molecular complexity index is 510. The van der Waals surface area contributed by atoms with Gasteiger partial charge in [0.1, 0.15) is 0 Å². The second kappa shape index (κ2) is 4.00. The van der Waals surface area contributed by atoms with Crippen molar-refractivity contribution < 1.29 is 9.90 Å². The molecule has 2 rings (SSSR count). The van der Waals surface area contributed by atoms with Crippen LogP contribution in [0.5, 0.6) is 0 Å². The molecule has 0 aliphatic carbocycles. The molecule has 0 spiro atoms. The Morgan fingerprint density at radius 2 is 2.20 bits per heavy atom. The second-order valence-corrected chi connectivity index (χ2v) is 4.55. The van der Waals surface area contributed by atoms with E-state index >= 15 is 0 Å². The first-order valence-electron chi connectivity index (χ1n) is 4.12. The molecule has 0 atom stereocenters. The maximum Gasteiger partial charge on any atom is 0.335 e. The number of pyridine rings is 1. The van der Waals surface area contributed by atoms with Crippen molar-refractivity contribution in [2.45, 2.75) is 0 Å². The lowest BCUT2D eigenvalue weighted by Crippen LogP contribution is -1.96. The van der Waals surface area contributed by atoms with Crippen molar-refractivity contribution in [3.8, 4) is 10.6 Å². The molecule has 0 saturated carbocycles. The van der Waals surface area contributed by atoms with Gasteiger partial charge in [0.05, 0.1) is 20.5 Å². The fourth-order valence-corrected chi connectivity index (χ4v) is 2.16. The van der Waals surface area contributed by atoms with Crippen LogP contribution in [-0.4, -0.2) is 16.1 Å². The van der Waals surface area contributed by atoms with Gasteiger partial charge >= 0.3 is 5.97 Å². The molecular formula is C10H6ClNO2S. The number of halogens is 1. The summed E-state index contributed by atoms with van der Waals surface area (Å²) in [7, 11) is 0. The predicted octanol–water partition coefficient (Wildman–Crippen LogP) is 3.16. The van der Waals surface area contributed by atoms with E-state index in [1.165, 1.54) is 29.7 Å². The van der Waals surface area contributed by atoms with E-state index in [-0.39, 0.29) is 5.56 Å². The van der Waals surface area contributed by atoms with Crippen LogP contribution < -0.4 is 0 Å². The van der Waals surface area contributed by atoms with Gasteiger partial charge in [0.2, 0.25) is 0 Å². The molecule has 5 heteroatoms. The lowest BCUT2D eigenvalue weighted by Gasteiger charge is -1.97. The summed E-state index contributed by atoms with van der Waals surface area (Å²) < 4.78 is 0.660. The summed E-state index contributed by atoms with van der Waals surface area (Å²) in [6.07, 6.45) is 1.48. The number of carboxylic acids is 1. The number of rotatable bonds is 2. The number of aromatic nitrogens is 1. The number of nitrogens with zero attached hydrogens (tertiary/aromatic N) is 1. The van der Waals surface area contributed by atoms with Crippen molar-refractivity contribution in [3.05, 3.63) is 40.4 Å². The zero-order valence-corrected chi connectivity index (χ0v) is 9.05. The minimum atomic E-state index is -0.957. The van der Waals surface area contributed by atoms with Crippen LogP contribution in [0.1, 0.15) is 10.4 Å². The molecule has 0 saturated heterocycles. The van der Waals surface area contributed by atoms with E-state index in [1.807, 2.05) is 6.07 Å². The summed E-state index contributed by atoms with van der Waals surface area (Å²) in [5.41, 5.74) is 0.858. The maximum absolute atomic E-state index is 10.7. The summed E-state index contributed by atoms with van der Waals surface area (Å²) in [6, 6.07) is 6.57. The van der Waals surface area contributed by atoms with Gasteiger partial charge in [0.15, 0.2) is 0 Å². The average Bonchev–Trinajstić information content (AvgIpc) is 2.65. The number of aromatic carboxylic acids is 1. The van der Waals surface area contributed by atoms with E-state index in [0.717, 1.165) is 4.88 Å². The highest BCUT2D eigenvalue weighted by atomic mass is 35.5. The van der Waals surface area contributed by atoms with Crippen molar-refractivity contribution in [1.29, 1.82) is 0 Å². The van der Waals surface area contributed by atoms with Crippen molar-refractivity contribution in [3.63, 3.8) is 0 Å². The number of carboxylic acid groups (broad SMARTS) is 1. The van der Waals surface area contributed by atoms with Crippen LogP contribution in [0.4, 0.5) is 0 Å². The van der Waals surface area contributed by atoms with Gasteiger partial charge in [-0.25, -0.2) is 4.79 Å². The quantitative estimate of drug-likeness (QED) is 0.876. The van der Waals surface area contributed by atoms with Crippen molar-refractivity contribution >= 4 is 28.9 Å². The zero-order valence-electron chi connectivity index (χ0n) is 7.48. The average molecular weight is 240 g/mol. The molecule has 0 bridgehead atoms. The highest BCUT2D eigenvalue weighted by Crippen LogP contribution is 2.29. The van der Waals surface area contributed by atoms with Crippen LogP contribution in [-0.2, 0) is 0 Å². The van der Waals surface area contributed by atoms with Crippen LogP contribution >= 0.6 is 22.9 Å². The Kier molecular flexibility index (Phi) is 2.70. The number of carbonyl (C=O) groups is 1. The number of hydrogen-bond acceptors (Lipinski definition) is 3. The molecule has 2 aromatic heterocycles. The van der Waals surface area contributed by atoms with E-state index in [1.54, 1.807) is 6.07 Å². The van der Waals surface area contributed by atoms with Crippen LogP contribution in [0.15, 0.2) is 30.5 Å². The molecule has 0 unspecified atom stereocenters. The third kappa shape index (κ3) is 2.16. The van der Waals surface area contributed by atoms with Crippen molar-refractivity contribution in [2.75, 3.05) is 0 Å².